The molecule has 0 atom stereocenters. The first-order valence-corrected chi connectivity index (χ1v) is 10.3. The molecule has 0 fully saturated rings. The van der Waals surface area contributed by atoms with Gasteiger partial charge < -0.3 is 0 Å². The molecule has 4 rings (SSSR count). The summed E-state index contributed by atoms with van der Waals surface area (Å²) in [5, 5.41) is 0.646. The highest BCUT2D eigenvalue weighted by atomic mass is 79.9. The molecule has 11 heteroatoms. The fourth-order valence-electron chi connectivity index (χ4n) is 2.40. The van der Waals surface area contributed by atoms with Gasteiger partial charge in [0.1, 0.15) is 18.4 Å². The molecule has 0 saturated carbocycles. The van der Waals surface area contributed by atoms with Gasteiger partial charge in [0.05, 0.1) is 11.4 Å². The third-order valence-electron chi connectivity index (χ3n) is 3.36. The summed E-state index contributed by atoms with van der Waals surface area (Å²) in [5.41, 5.74) is 1.87. The number of fused-ring (bicyclic) bond motifs is 6. The lowest BCUT2D eigenvalue weighted by molar-refractivity contribution is 0.944. The van der Waals surface area contributed by atoms with Gasteiger partial charge in [-0.05, 0) is 70.6 Å². The van der Waals surface area contributed by atoms with Crippen molar-refractivity contribution in [2.24, 2.45) is 0 Å². The van der Waals surface area contributed by atoms with Gasteiger partial charge in [-0.3, -0.25) is 0 Å². The van der Waals surface area contributed by atoms with Crippen LogP contribution in [0.1, 0.15) is 11.4 Å². The monoisotopic (exact) mass is 616 g/mol. The molecule has 114 valence electrons. The van der Waals surface area contributed by atoms with Gasteiger partial charge >= 0.3 is 0 Å². The number of nitrogens with zero attached hydrogens (tertiary/aromatic N) is 6. The Balaban J connectivity index is 2.46. The molecule has 0 aliphatic carbocycles. The van der Waals surface area contributed by atoms with Crippen molar-refractivity contribution >= 4 is 97.0 Å². The zero-order valence-corrected chi connectivity index (χ0v) is 18.7. The second-order valence-electron chi connectivity index (χ2n) is 4.57. The van der Waals surface area contributed by atoms with Crippen molar-refractivity contribution in [1.82, 2.24) is 28.2 Å². The van der Waals surface area contributed by atoms with E-state index in [0.29, 0.717) is 15.7 Å². The van der Waals surface area contributed by atoms with Gasteiger partial charge in [0, 0.05) is 5.33 Å². The summed E-state index contributed by atoms with van der Waals surface area (Å²) in [4.78, 5) is 13.9. The topological polar surface area (TPSA) is 51.9 Å². The molecule has 4 aromatic heterocycles. The number of alkyl halides is 1. The number of rotatable bonds is 1. The molecule has 22 heavy (non-hydrogen) atoms. The van der Waals surface area contributed by atoms with Crippen LogP contribution >= 0.6 is 79.6 Å². The maximum absolute atomic E-state index is 4.67. The van der Waals surface area contributed by atoms with E-state index in [1.165, 1.54) is 0 Å². The van der Waals surface area contributed by atoms with Crippen LogP contribution < -0.4 is 0 Å². The lowest BCUT2D eigenvalue weighted by atomic mass is 10.5. The Morgan fingerprint density at radius 3 is 2.00 bits per heavy atom. The van der Waals surface area contributed by atoms with E-state index in [9.17, 15) is 0 Å². The van der Waals surface area contributed by atoms with Gasteiger partial charge in [0.15, 0.2) is 0 Å². The molecule has 0 unspecified atom stereocenters. The maximum Gasteiger partial charge on any atom is 0.226 e. The Bertz CT molecular complexity index is 1040. The van der Waals surface area contributed by atoms with Crippen LogP contribution in [0.5, 0.6) is 0 Å². The quantitative estimate of drug-likeness (QED) is 0.285. The van der Waals surface area contributed by atoms with Crippen molar-refractivity contribution in [3.8, 4) is 0 Å². The third-order valence-corrected chi connectivity index (χ3v) is 7.27. The fraction of sp³-hybridized carbons (Fsp3) is 0.182. The van der Waals surface area contributed by atoms with Crippen molar-refractivity contribution in [1.29, 1.82) is 0 Å². The van der Waals surface area contributed by atoms with Crippen LogP contribution in [0.2, 0.25) is 0 Å². The van der Waals surface area contributed by atoms with Gasteiger partial charge in [0.2, 0.25) is 17.3 Å². The minimum absolute atomic E-state index is 0.646. The van der Waals surface area contributed by atoms with Crippen molar-refractivity contribution in [2.45, 2.75) is 12.3 Å². The van der Waals surface area contributed by atoms with E-state index in [1.54, 1.807) is 0 Å². The third kappa shape index (κ3) is 1.89. The van der Waals surface area contributed by atoms with Crippen LogP contribution in [-0.2, 0) is 5.33 Å². The number of aryl methyl sites for hydroxylation is 1. The summed E-state index contributed by atoms with van der Waals surface area (Å²) in [6, 6.07) is 0. The molecule has 4 heterocycles. The van der Waals surface area contributed by atoms with Gasteiger partial charge in [-0.1, -0.05) is 15.9 Å². The fourth-order valence-corrected chi connectivity index (χ4v) is 4.92. The number of aromatic nitrogens is 6. The molecule has 0 bridgehead atoms. The molecule has 0 radical (unpaired) electrons. The Hall–Kier alpha value is 0.0300. The summed E-state index contributed by atoms with van der Waals surface area (Å²) in [6.45, 7) is 1.95. The predicted octanol–water partition coefficient (Wildman–Crippen LogP) is 4.88. The van der Waals surface area contributed by atoms with Crippen LogP contribution in [0.25, 0.3) is 17.3 Å². The molecular formula is C11H5Br5N6. The average molecular weight is 621 g/mol. The lowest BCUT2D eigenvalue weighted by Gasteiger charge is -2.06. The number of halogens is 5. The highest BCUT2D eigenvalue weighted by Crippen LogP contribution is 2.32. The highest BCUT2D eigenvalue weighted by Gasteiger charge is 2.23. The Labute approximate surface area is 166 Å². The standard InChI is InChI=1S/C11H5Br5N6/c1-3-7(15)21-9(17-3)20-4(2-12)5(13)18-10(20)22-8(16)6(14)19-11(21)22/h2H2,1H3. The van der Waals surface area contributed by atoms with E-state index in [1.807, 2.05) is 20.1 Å². The second-order valence-corrected chi connectivity index (χ2v) is 8.14. The minimum Gasteiger partial charge on any atom is -0.249 e. The molecule has 0 aromatic carbocycles. The van der Waals surface area contributed by atoms with E-state index in [4.69, 9.17) is 0 Å². The molecule has 0 N–H and O–H groups in total. The molecule has 0 aliphatic heterocycles. The highest BCUT2D eigenvalue weighted by molar-refractivity contribution is 9.13. The number of hydrogen-bond acceptors (Lipinski definition) is 3. The van der Waals surface area contributed by atoms with Crippen LogP contribution in [0.3, 0.4) is 0 Å². The molecule has 4 aromatic rings. The molecular weight excluding hydrogens is 616 g/mol. The second kappa shape index (κ2) is 5.27. The van der Waals surface area contributed by atoms with Crippen LogP contribution in [-0.4, -0.2) is 28.2 Å². The molecule has 6 nitrogen and oxygen atoms in total. The normalized spacial score (nSPS) is 12.3. The van der Waals surface area contributed by atoms with Gasteiger partial charge in [0.25, 0.3) is 0 Å². The summed E-state index contributed by atoms with van der Waals surface area (Å²) in [7, 11) is 0. The Morgan fingerprint density at radius 2 is 1.32 bits per heavy atom. The van der Waals surface area contributed by atoms with E-state index in [2.05, 4.69) is 94.6 Å². The first kappa shape index (κ1) is 15.6. The largest absolute Gasteiger partial charge is 0.249 e. The van der Waals surface area contributed by atoms with E-state index >= 15 is 0 Å². The SMILES string of the molecule is Cc1nc2n(c1Br)c1nc(Br)c(Br)n1c1nc(Br)c(CBr)n21. The summed E-state index contributed by atoms with van der Waals surface area (Å²) in [5.74, 6) is 2.20. The maximum atomic E-state index is 4.67. The van der Waals surface area contributed by atoms with E-state index in [-0.39, 0.29) is 0 Å². The van der Waals surface area contributed by atoms with Crippen LogP contribution in [0.4, 0.5) is 0 Å². The zero-order chi connectivity index (χ0) is 15.8. The van der Waals surface area contributed by atoms with E-state index < -0.39 is 0 Å². The van der Waals surface area contributed by atoms with Crippen LogP contribution in [0, 0.1) is 6.92 Å². The molecule has 0 spiro atoms. The first-order valence-electron chi connectivity index (χ1n) is 5.98. The zero-order valence-electron chi connectivity index (χ0n) is 10.8. The Kier molecular flexibility index (Phi) is 3.72. The molecule has 0 amide bonds. The predicted molar refractivity (Wildman–Crippen MR) is 101 cm³/mol. The van der Waals surface area contributed by atoms with Crippen molar-refractivity contribution in [2.75, 3.05) is 0 Å². The lowest BCUT2D eigenvalue weighted by Crippen LogP contribution is -2.06. The average Bonchev–Trinajstić information content (AvgIpc) is 3.05. The summed E-state index contributed by atoms with van der Waals surface area (Å²) >= 11 is 17.7. The summed E-state index contributed by atoms with van der Waals surface area (Å²) in [6.07, 6.45) is 0. The van der Waals surface area contributed by atoms with Gasteiger partial charge in [-0.2, -0.15) is 0 Å². The Morgan fingerprint density at radius 1 is 0.773 bits per heavy atom. The van der Waals surface area contributed by atoms with Crippen molar-refractivity contribution < 1.29 is 0 Å². The molecule has 0 saturated heterocycles. The van der Waals surface area contributed by atoms with E-state index in [0.717, 1.165) is 36.8 Å². The van der Waals surface area contributed by atoms with Crippen LogP contribution in [0.15, 0.2) is 18.4 Å². The van der Waals surface area contributed by atoms with Crippen molar-refractivity contribution in [3.05, 3.63) is 29.8 Å². The van der Waals surface area contributed by atoms with Gasteiger partial charge in [-0.25, -0.2) is 28.2 Å². The smallest absolute Gasteiger partial charge is 0.226 e. The van der Waals surface area contributed by atoms with Crippen molar-refractivity contribution in [3.63, 3.8) is 0 Å². The summed E-state index contributed by atoms with van der Waals surface area (Å²) < 4.78 is 9.03. The van der Waals surface area contributed by atoms with Gasteiger partial charge in [-0.15, -0.1) is 0 Å². The number of hydrogen-bond donors (Lipinski definition) is 0. The minimum atomic E-state index is 0.646. The molecule has 0 aliphatic rings. The first-order chi connectivity index (χ1) is 10.5. The number of imidazole rings is 3.